The molecule has 0 N–H and O–H groups in total. The van der Waals surface area contributed by atoms with Gasteiger partial charge >= 0.3 is 23.9 Å². The van der Waals surface area contributed by atoms with Crippen molar-refractivity contribution in [3.63, 3.8) is 0 Å². The van der Waals surface area contributed by atoms with Gasteiger partial charge in [-0.25, -0.2) is 0 Å². The highest BCUT2D eigenvalue weighted by molar-refractivity contribution is 5.85. The van der Waals surface area contributed by atoms with E-state index < -0.39 is 11.8 Å². The van der Waals surface area contributed by atoms with E-state index in [-0.39, 0.29) is 83.4 Å². The molecule has 0 heterocycles. The third-order valence-electron chi connectivity index (χ3n) is 8.65. The minimum Gasteiger partial charge on any atom is -0.469 e. The highest BCUT2D eigenvalue weighted by atomic mass is 16.5. The second-order valence-electron chi connectivity index (χ2n) is 9.00. The number of ether oxygens (including phenoxy) is 4. The molecule has 0 saturated heterocycles. The molecule has 0 spiro atoms. The molecule has 0 radical (unpaired) electrons. The third-order valence-corrected chi connectivity index (χ3v) is 8.65. The van der Waals surface area contributed by atoms with Crippen LogP contribution in [0.3, 0.4) is 0 Å². The quantitative estimate of drug-likeness (QED) is 0.473. The average molecular weight is 392 g/mol. The Bertz CT molecular complexity index is 716. The normalized spacial score (nSPS) is 49.9. The Morgan fingerprint density at radius 2 is 1.00 bits per heavy atom. The summed E-state index contributed by atoms with van der Waals surface area (Å²) in [7, 11) is 2.67. The van der Waals surface area contributed by atoms with Crippen LogP contribution in [-0.2, 0) is 38.1 Å². The van der Waals surface area contributed by atoms with E-state index in [2.05, 4.69) is 0 Å². The molecule has 8 heteroatoms. The van der Waals surface area contributed by atoms with Crippen LogP contribution in [-0.4, -0.2) is 51.3 Å². The van der Waals surface area contributed by atoms with Crippen molar-refractivity contribution in [1.82, 2.24) is 0 Å². The van der Waals surface area contributed by atoms with Crippen molar-refractivity contribution in [2.75, 3.05) is 27.4 Å². The molecule has 6 aliphatic carbocycles. The molecule has 6 saturated carbocycles. The number of rotatable bonds is 6. The first-order chi connectivity index (χ1) is 13.3. The summed E-state index contributed by atoms with van der Waals surface area (Å²) in [5.41, 5.74) is -0.623. The molecule has 6 aliphatic rings. The summed E-state index contributed by atoms with van der Waals surface area (Å²) in [4.78, 5) is 48.4. The predicted octanol–water partition coefficient (Wildman–Crippen LogP) is 0.429. The number of methoxy groups -OCH3 is 2. The highest BCUT2D eigenvalue weighted by Gasteiger charge is 3.05. The second kappa shape index (κ2) is 5.27. The van der Waals surface area contributed by atoms with Crippen LogP contribution in [0.15, 0.2) is 0 Å². The minimum atomic E-state index is -0.550. The molecule has 10 atom stereocenters. The maximum atomic E-state index is 12.7. The summed E-state index contributed by atoms with van der Waals surface area (Å²) in [6.07, 6.45) is 0. The van der Waals surface area contributed by atoms with Crippen LogP contribution < -0.4 is 0 Å². The maximum Gasteiger partial charge on any atom is 0.309 e. The molecule has 2 bridgehead atoms. The zero-order valence-corrected chi connectivity index (χ0v) is 16.3. The molecule has 4 unspecified atom stereocenters. The maximum absolute atomic E-state index is 12.7. The van der Waals surface area contributed by atoms with Crippen molar-refractivity contribution in [1.29, 1.82) is 0 Å². The minimum absolute atomic E-state index is 0.0253. The largest absolute Gasteiger partial charge is 0.469 e. The van der Waals surface area contributed by atoms with E-state index in [4.69, 9.17) is 18.9 Å². The molecular formula is C20H24O8. The smallest absolute Gasteiger partial charge is 0.309 e. The molecule has 0 amide bonds. The Morgan fingerprint density at radius 1 is 0.679 bits per heavy atom. The van der Waals surface area contributed by atoms with Crippen molar-refractivity contribution in [2.24, 2.45) is 58.2 Å². The second-order valence-corrected chi connectivity index (χ2v) is 9.00. The van der Waals surface area contributed by atoms with E-state index >= 15 is 0 Å². The first-order valence-corrected chi connectivity index (χ1v) is 9.72. The predicted molar refractivity (Wildman–Crippen MR) is 90.1 cm³/mol. The Kier molecular flexibility index (Phi) is 3.38. The van der Waals surface area contributed by atoms with Crippen molar-refractivity contribution in [3.05, 3.63) is 0 Å². The fourth-order valence-corrected chi connectivity index (χ4v) is 8.37. The zero-order valence-electron chi connectivity index (χ0n) is 16.3. The number of esters is 4. The van der Waals surface area contributed by atoms with E-state index in [1.54, 1.807) is 0 Å². The van der Waals surface area contributed by atoms with Crippen molar-refractivity contribution in [2.45, 2.75) is 13.8 Å². The Labute approximate surface area is 162 Å². The van der Waals surface area contributed by atoms with Crippen LogP contribution in [0.1, 0.15) is 13.8 Å². The molecule has 8 nitrogen and oxygen atoms in total. The van der Waals surface area contributed by atoms with Crippen LogP contribution in [0.25, 0.3) is 0 Å². The Hall–Kier alpha value is -2.12. The lowest BCUT2D eigenvalue weighted by Gasteiger charge is -2.44. The van der Waals surface area contributed by atoms with Crippen molar-refractivity contribution in [3.8, 4) is 0 Å². The molecule has 0 aromatic heterocycles. The molecule has 0 aliphatic heterocycles. The summed E-state index contributed by atoms with van der Waals surface area (Å²) >= 11 is 0. The number of carbonyl (C=O) groups excluding carboxylic acids is 4. The standard InChI is InChI=1S/C20H24O8/c1-7(21)27-5-19-13-11-9(17(23)25-3)10(18(24)26-4)12(14(13)19)16-15(11)20(16,19)6-28-8(2)22/h9-16H,5-6H2,1-4H3/t9-,10+,11?,12?,13-,14-,15+,16+,19?,20?. The average Bonchev–Trinajstić information content (AvgIpc) is 3.51. The van der Waals surface area contributed by atoms with Gasteiger partial charge in [-0.15, -0.1) is 0 Å². The Morgan fingerprint density at radius 3 is 1.25 bits per heavy atom. The first kappa shape index (κ1) is 17.9. The topological polar surface area (TPSA) is 105 Å². The third kappa shape index (κ3) is 1.66. The number of hydrogen-bond donors (Lipinski definition) is 0. The molecule has 0 aromatic rings. The van der Waals surface area contributed by atoms with E-state index in [1.807, 2.05) is 0 Å². The van der Waals surface area contributed by atoms with Gasteiger partial charge in [0.1, 0.15) is 0 Å². The highest BCUT2D eigenvalue weighted by Crippen LogP contribution is 3.03. The lowest BCUT2D eigenvalue weighted by atomic mass is 9.58. The van der Waals surface area contributed by atoms with Gasteiger partial charge in [-0.05, 0) is 35.5 Å². The molecule has 6 rings (SSSR count). The monoisotopic (exact) mass is 392 g/mol. The summed E-state index contributed by atoms with van der Waals surface area (Å²) in [5.74, 6) is -1.88. The first-order valence-electron chi connectivity index (χ1n) is 9.72. The fourth-order valence-electron chi connectivity index (χ4n) is 8.37. The molecule has 6 fully saturated rings. The molecule has 152 valence electrons. The van der Waals surface area contributed by atoms with Gasteiger partial charge in [0.2, 0.25) is 0 Å². The summed E-state index contributed by atoms with van der Waals surface area (Å²) in [5, 5.41) is 0. The van der Waals surface area contributed by atoms with Gasteiger partial charge in [0.15, 0.2) is 0 Å². The van der Waals surface area contributed by atoms with Crippen molar-refractivity contribution < 1.29 is 38.1 Å². The van der Waals surface area contributed by atoms with Crippen LogP contribution in [0.5, 0.6) is 0 Å². The van der Waals surface area contributed by atoms with E-state index in [1.165, 1.54) is 28.1 Å². The van der Waals surface area contributed by atoms with Crippen LogP contribution in [0.4, 0.5) is 0 Å². The summed E-state index contributed by atoms with van der Waals surface area (Å²) in [6.45, 7) is 3.25. The SMILES string of the molecule is COC(=O)[C@@H]1C2[C@@H]3[C@H]4C([C@@H]1C(=O)OC)[C@H]1[C@H]2C1(COC(C)=O)C34COC(C)=O. The van der Waals surface area contributed by atoms with Gasteiger partial charge in [0.05, 0.1) is 39.3 Å². The van der Waals surface area contributed by atoms with E-state index in [0.29, 0.717) is 0 Å². The lowest BCUT2D eigenvalue weighted by molar-refractivity contribution is -0.171. The van der Waals surface area contributed by atoms with Gasteiger partial charge in [-0.2, -0.15) is 0 Å². The summed E-state index contributed by atoms with van der Waals surface area (Å²) in [6, 6.07) is 0. The summed E-state index contributed by atoms with van der Waals surface area (Å²) < 4.78 is 21.0. The van der Waals surface area contributed by atoms with Gasteiger partial charge < -0.3 is 18.9 Å². The van der Waals surface area contributed by atoms with E-state index in [9.17, 15) is 19.2 Å². The molecule has 28 heavy (non-hydrogen) atoms. The van der Waals surface area contributed by atoms with Crippen molar-refractivity contribution >= 4 is 23.9 Å². The molecule has 0 aromatic carbocycles. The van der Waals surface area contributed by atoms with Gasteiger partial charge in [-0.1, -0.05) is 0 Å². The van der Waals surface area contributed by atoms with Crippen LogP contribution in [0, 0.1) is 58.2 Å². The number of fused-ring (bicyclic) bond motifs is 1. The van der Waals surface area contributed by atoms with Gasteiger partial charge in [0, 0.05) is 24.7 Å². The lowest BCUT2D eigenvalue weighted by Crippen LogP contribution is -2.51. The van der Waals surface area contributed by atoms with Gasteiger partial charge in [0.25, 0.3) is 0 Å². The zero-order chi connectivity index (χ0) is 20.2. The van der Waals surface area contributed by atoms with E-state index in [0.717, 1.165) is 0 Å². The Balaban J connectivity index is 1.57. The van der Waals surface area contributed by atoms with Crippen LogP contribution >= 0.6 is 0 Å². The fraction of sp³-hybridized carbons (Fsp3) is 0.800. The number of carbonyl (C=O) groups is 4. The van der Waals surface area contributed by atoms with Gasteiger partial charge in [-0.3, -0.25) is 19.2 Å². The number of hydrogen-bond acceptors (Lipinski definition) is 8. The molecular weight excluding hydrogens is 368 g/mol. The van der Waals surface area contributed by atoms with Crippen LogP contribution in [0.2, 0.25) is 0 Å².